The van der Waals surface area contributed by atoms with Gasteiger partial charge in [-0.2, -0.15) is 0 Å². The number of benzene rings is 3. The number of aryl methyl sites for hydroxylation is 5. The largest absolute Gasteiger partial charge is 1.00 e. The Hall–Kier alpha value is -5.96. The number of nitrogens with zero attached hydrogens (tertiary/aromatic N) is 7. The van der Waals surface area contributed by atoms with Crippen molar-refractivity contribution in [3.05, 3.63) is 153 Å². The molecule has 2 amide bonds. The number of rotatable bonds is 11. The van der Waals surface area contributed by atoms with Crippen LogP contribution < -0.4 is 29.6 Å². The average molecular weight is 993 g/mol. The average Bonchev–Trinajstić information content (AvgIpc) is 3.83. The topological polar surface area (TPSA) is 239 Å². The minimum Gasteiger partial charge on any atom is -0.479 e. The van der Waals surface area contributed by atoms with E-state index in [1.165, 1.54) is 23.3 Å². The van der Waals surface area contributed by atoms with E-state index in [4.69, 9.17) is 42.2 Å². The quantitative estimate of drug-likeness (QED) is 0.136. The van der Waals surface area contributed by atoms with E-state index in [9.17, 15) is 27.6 Å². The minimum atomic E-state index is -3.62. The van der Waals surface area contributed by atoms with Crippen molar-refractivity contribution >= 4 is 56.8 Å². The zero-order valence-corrected chi connectivity index (χ0v) is 43.7. The Bertz CT molecular complexity index is 2830. The molecule has 0 aliphatic heterocycles. The maximum absolute atomic E-state index is 12.3. The number of carboxylic acids is 2. The fourth-order valence-electron chi connectivity index (χ4n) is 6.25. The summed E-state index contributed by atoms with van der Waals surface area (Å²) in [6.07, 6.45) is 0.216. The maximum Gasteiger partial charge on any atom is 1.00 e. The SMILES string of the molecule is Cc1ccc(-c2nc3ccc(C)cn3c2CC(=O)N(C)C)cc1.Cc1ccc(-c2nc3ccc(C)cn3c2CC(=O)N(C)C)cc1.Cc1ccc(S(=O)(=O)[N-]Cl)cc1.O=C(O)C(O)C(O)C(=O)O.[Na+]. The number of amides is 2. The molecule has 20 heteroatoms. The molecular weight excluding hydrogens is 937 g/mol. The maximum atomic E-state index is 12.3. The number of aliphatic hydroxyl groups is 2. The predicted molar refractivity (Wildman–Crippen MR) is 260 cm³/mol. The molecule has 4 N–H and O–H groups in total. The van der Waals surface area contributed by atoms with Gasteiger partial charge in [-0.15, -0.1) is 0 Å². The third-order valence-electron chi connectivity index (χ3n) is 10.2. The molecule has 69 heavy (non-hydrogen) atoms. The molecule has 7 rings (SSSR count). The normalized spacial score (nSPS) is 11.6. The van der Waals surface area contributed by atoms with Crippen LogP contribution in [0.2, 0.25) is 0 Å². The van der Waals surface area contributed by atoms with Gasteiger partial charge in [0.15, 0.2) is 12.2 Å². The van der Waals surface area contributed by atoms with Crippen LogP contribution in [0.15, 0.2) is 114 Å². The monoisotopic (exact) mass is 991 g/mol. The smallest absolute Gasteiger partial charge is 0.479 e. The molecule has 0 aliphatic carbocycles. The fraction of sp³-hybridized carbons (Fsp3) is 0.265. The van der Waals surface area contributed by atoms with E-state index in [0.717, 1.165) is 61.9 Å². The molecule has 4 aromatic heterocycles. The second kappa shape index (κ2) is 25.6. The Balaban J connectivity index is 0.000000257. The van der Waals surface area contributed by atoms with Crippen molar-refractivity contribution in [2.45, 2.75) is 64.6 Å². The molecule has 0 radical (unpaired) electrons. The number of hydrogen-bond donors (Lipinski definition) is 4. The molecule has 17 nitrogen and oxygen atoms in total. The van der Waals surface area contributed by atoms with Crippen LogP contribution in [0.3, 0.4) is 0 Å². The number of aliphatic hydroxyl groups excluding tert-OH is 2. The van der Waals surface area contributed by atoms with E-state index >= 15 is 0 Å². The van der Waals surface area contributed by atoms with Crippen molar-refractivity contribution in [2.24, 2.45) is 0 Å². The molecule has 0 aliphatic rings. The summed E-state index contributed by atoms with van der Waals surface area (Å²) in [4.78, 5) is 56.9. The number of halogens is 1. The molecule has 2 unspecified atom stereocenters. The number of sulfonamides is 1. The molecule has 3 aromatic carbocycles. The summed E-state index contributed by atoms with van der Waals surface area (Å²) in [5, 5.41) is 32.5. The van der Waals surface area contributed by atoms with Crippen LogP contribution in [-0.4, -0.2) is 122 Å². The van der Waals surface area contributed by atoms with E-state index in [1.54, 1.807) is 50.1 Å². The summed E-state index contributed by atoms with van der Waals surface area (Å²) in [6, 6.07) is 30.9. The first-order valence-corrected chi connectivity index (χ1v) is 22.7. The number of carbonyl (C=O) groups is 4. The van der Waals surface area contributed by atoms with E-state index in [2.05, 4.69) is 66.6 Å². The number of imidazole rings is 2. The van der Waals surface area contributed by atoms with Crippen molar-refractivity contribution in [3.63, 3.8) is 0 Å². The molecule has 2 atom stereocenters. The van der Waals surface area contributed by atoms with Crippen molar-refractivity contribution in [1.82, 2.24) is 28.6 Å². The first kappa shape index (κ1) is 57.4. The van der Waals surface area contributed by atoms with Gasteiger partial charge in [0.25, 0.3) is 0 Å². The Labute approximate surface area is 428 Å². The summed E-state index contributed by atoms with van der Waals surface area (Å²) < 4.78 is 28.9. The second-order valence-corrected chi connectivity index (χ2v) is 18.2. The van der Waals surface area contributed by atoms with Gasteiger partial charge in [0, 0.05) is 56.6 Å². The third-order valence-corrected chi connectivity index (χ3v) is 11.8. The molecule has 0 spiro atoms. The number of carbonyl (C=O) groups excluding carboxylic acids is 2. The van der Waals surface area contributed by atoms with Gasteiger partial charge in [-0.25, -0.2) is 28.0 Å². The van der Waals surface area contributed by atoms with E-state index in [-0.39, 0.29) is 46.3 Å². The summed E-state index contributed by atoms with van der Waals surface area (Å²) in [7, 11) is 3.50. The number of pyridine rings is 2. The van der Waals surface area contributed by atoms with Gasteiger partial charge in [-0.3, -0.25) is 21.4 Å². The number of aliphatic carboxylic acids is 2. The molecule has 0 saturated carbocycles. The van der Waals surface area contributed by atoms with E-state index < -0.39 is 34.2 Å². The van der Waals surface area contributed by atoms with Crippen LogP contribution in [0.5, 0.6) is 0 Å². The van der Waals surface area contributed by atoms with Gasteiger partial charge in [0.1, 0.15) is 21.3 Å². The fourth-order valence-corrected chi connectivity index (χ4v) is 7.04. The molecule has 4 heterocycles. The molecule has 0 bridgehead atoms. The number of carboxylic acid groups (broad SMARTS) is 2. The Morgan fingerprint density at radius 1 is 0.565 bits per heavy atom. The van der Waals surface area contributed by atoms with Crippen molar-refractivity contribution in [3.8, 4) is 22.5 Å². The van der Waals surface area contributed by atoms with Crippen molar-refractivity contribution in [2.75, 3.05) is 28.2 Å². The number of fused-ring (bicyclic) bond motifs is 2. The van der Waals surface area contributed by atoms with Crippen LogP contribution in [0.1, 0.15) is 39.2 Å². The summed E-state index contributed by atoms with van der Waals surface area (Å²) in [6.45, 7) is 10.1. The van der Waals surface area contributed by atoms with Crippen LogP contribution in [0.25, 0.3) is 38.1 Å². The number of aromatic nitrogens is 4. The third kappa shape index (κ3) is 15.8. The van der Waals surface area contributed by atoms with Gasteiger partial charge in [0.05, 0.1) is 35.6 Å². The number of likely N-dealkylation sites (N-methyl/N-ethyl adjacent to an activating group) is 2. The van der Waals surface area contributed by atoms with Crippen LogP contribution in [0, 0.1) is 34.6 Å². The van der Waals surface area contributed by atoms with E-state index in [0.29, 0.717) is 12.8 Å². The molecule has 7 aromatic rings. The predicted octanol–water partition coefficient (Wildman–Crippen LogP) is 3.59. The van der Waals surface area contributed by atoms with Crippen LogP contribution in [-0.2, 0) is 42.0 Å². The van der Waals surface area contributed by atoms with E-state index in [1.807, 2.05) is 66.2 Å². The zero-order chi connectivity index (χ0) is 50.6. The summed E-state index contributed by atoms with van der Waals surface area (Å²) in [5.74, 6) is -3.40. The first-order chi connectivity index (χ1) is 31.9. The van der Waals surface area contributed by atoms with Gasteiger partial charge < -0.3 is 43.3 Å². The van der Waals surface area contributed by atoms with Gasteiger partial charge in [-0.05, 0) is 70.0 Å². The molecular formula is C49H55ClN7NaO10S. The Morgan fingerprint density at radius 3 is 1.16 bits per heavy atom. The number of hydrogen-bond acceptors (Lipinski definition) is 10. The van der Waals surface area contributed by atoms with Crippen molar-refractivity contribution in [1.29, 1.82) is 0 Å². The summed E-state index contributed by atoms with van der Waals surface area (Å²) in [5.41, 5.74) is 13.1. The molecule has 0 saturated heterocycles. The van der Waals surface area contributed by atoms with Crippen LogP contribution >= 0.6 is 11.8 Å². The first-order valence-electron chi connectivity index (χ1n) is 20.9. The Kier molecular flexibility index (Phi) is 21.3. The second-order valence-electron chi connectivity index (χ2n) is 16.3. The molecule has 360 valence electrons. The van der Waals surface area contributed by atoms with Gasteiger partial charge in [0.2, 0.25) is 11.8 Å². The Morgan fingerprint density at radius 2 is 0.870 bits per heavy atom. The minimum absolute atomic E-state index is 0. The van der Waals surface area contributed by atoms with Gasteiger partial charge in [-0.1, -0.05) is 89.5 Å². The van der Waals surface area contributed by atoms with Crippen LogP contribution in [0.4, 0.5) is 0 Å². The van der Waals surface area contributed by atoms with Gasteiger partial charge >= 0.3 is 41.5 Å². The molecule has 0 fully saturated rings. The standard InChI is InChI=1S/2C19H21N3O.C7H7ClNO2S.C4H6O6.Na/c2*1-13-5-8-15(9-6-13)19-16(11-18(23)21(3)4)22-12-14(2)7-10-17(22)20-19;1-6-2-4-7(5-3-6)12(10,11)9-8;5-1(3(7)8)2(6)4(9)10;/h2*5-10,12H,11H2,1-4H3;2-5H,1H3;1-2,5-6H,(H,7,8)(H,9,10);/q;;-1;;+1. The summed E-state index contributed by atoms with van der Waals surface area (Å²) >= 11 is 4.90. The van der Waals surface area contributed by atoms with Crippen molar-refractivity contribution < 1.29 is 77.6 Å². The zero-order valence-electron chi connectivity index (χ0n) is 40.1.